The minimum absolute atomic E-state index is 0.0450. The second kappa shape index (κ2) is 11.2. The number of allylic oxidation sites excluding steroid dienone is 1. The summed E-state index contributed by atoms with van der Waals surface area (Å²) in [5.74, 6) is 0.139. The van der Waals surface area contributed by atoms with Crippen LogP contribution in [0.25, 0.3) is 28.3 Å². The smallest absolute Gasteiger partial charge is 0.0418 e. The molecule has 0 aliphatic heterocycles. The molecule has 46 heavy (non-hydrogen) atoms. The van der Waals surface area contributed by atoms with Gasteiger partial charge in [0.05, 0.1) is 0 Å². The highest BCUT2D eigenvalue weighted by Crippen LogP contribution is 2.64. The lowest BCUT2D eigenvalue weighted by molar-refractivity contribution is 0.405. The molecule has 0 spiro atoms. The minimum Gasteiger partial charge on any atom is -0.388 e. The molecule has 2 N–H and O–H groups in total. The molecule has 2 heteroatoms. The van der Waals surface area contributed by atoms with Gasteiger partial charge >= 0.3 is 0 Å². The van der Waals surface area contributed by atoms with Gasteiger partial charge in [-0.05, 0) is 92.9 Å². The average molecular weight is 595 g/mol. The molecule has 0 bridgehead atoms. The van der Waals surface area contributed by atoms with Crippen LogP contribution in [0.5, 0.6) is 0 Å². The summed E-state index contributed by atoms with van der Waals surface area (Å²) in [5, 5.41) is 6.91. The Hall–Kier alpha value is -5.34. The Kier molecular flexibility index (Phi) is 6.87. The average Bonchev–Trinajstić information content (AvgIpc) is 3.63. The van der Waals surface area contributed by atoms with Gasteiger partial charge in [-0.3, -0.25) is 0 Å². The lowest BCUT2D eigenvalue weighted by atomic mass is 9.54. The highest BCUT2D eigenvalue weighted by atomic mass is 14.8. The van der Waals surface area contributed by atoms with Crippen LogP contribution in [0.2, 0.25) is 0 Å². The predicted molar refractivity (Wildman–Crippen MR) is 195 cm³/mol. The third-order valence-corrected chi connectivity index (χ3v) is 10.3. The largest absolute Gasteiger partial charge is 0.388 e. The molecule has 0 saturated heterocycles. The number of anilines is 2. The molecule has 224 valence electrons. The van der Waals surface area contributed by atoms with Crippen molar-refractivity contribution in [3.8, 4) is 22.3 Å². The molecule has 0 heterocycles. The van der Waals surface area contributed by atoms with Crippen LogP contribution in [0.15, 0.2) is 151 Å². The van der Waals surface area contributed by atoms with E-state index in [4.69, 9.17) is 0 Å². The summed E-state index contributed by atoms with van der Waals surface area (Å²) in [6.07, 6.45) is 2.43. The van der Waals surface area contributed by atoms with Crippen LogP contribution >= 0.6 is 0 Å². The van der Waals surface area contributed by atoms with Gasteiger partial charge in [-0.1, -0.05) is 127 Å². The first-order valence-corrected chi connectivity index (χ1v) is 16.3. The first-order valence-electron chi connectivity index (χ1n) is 16.3. The van der Waals surface area contributed by atoms with E-state index in [-0.39, 0.29) is 11.8 Å². The normalized spacial score (nSPS) is 15.1. The summed E-state index contributed by atoms with van der Waals surface area (Å²) in [6, 6.07) is 54.3. The molecule has 1 atom stereocenters. The molecule has 2 aliphatic rings. The highest BCUT2D eigenvalue weighted by Gasteiger charge is 2.54. The molecule has 1 unspecified atom stereocenters. The predicted octanol–water partition coefficient (Wildman–Crippen LogP) is 10.7. The van der Waals surface area contributed by atoms with Crippen molar-refractivity contribution >= 4 is 17.5 Å². The molecular weight excluding hydrogens is 556 g/mol. The van der Waals surface area contributed by atoms with Gasteiger partial charge in [0.2, 0.25) is 0 Å². The summed E-state index contributed by atoms with van der Waals surface area (Å²) in [5.41, 5.74) is 16.4. The molecule has 2 aliphatic carbocycles. The van der Waals surface area contributed by atoms with Gasteiger partial charge in [-0.2, -0.15) is 0 Å². The number of hydrogen-bond donors (Lipinski definition) is 2. The lowest BCUT2D eigenvalue weighted by Crippen LogP contribution is -2.41. The van der Waals surface area contributed by atoms with E-state index in [1.807, 2.05) is 14.1 Å². The number of hydrogen-bond acceptors (Lipinski definition) is 2. The molecule has 8 rings (SSSR count). The number of fused-ring (bicyclic) bond motifs is 4. The van der Waals surface area contributed by atoms with Crippen molar-refractivity contribution in [3.63, 3.8) is 0 Å². The van der Waals surface area contributed by atoms with E-state index in [0.29, 0.717) is 0 Å². The van der Waals surface area contributed by atoms with E-state index in [9.17, 15) is 0 Å². The zero-order valence-electron chi connectivity index (χ0n) is 26.6. The standard InChI is InChI=1S/C44H38N2/c1-29-25-32-20-19-31(30-13-7-4-8-14-30)26-39(32)42(29)44(33-15-9-5-10-16-33,34-17-11-6-12-18-34)43-40-27-35(45-2)21-23-37(40)38-24-22-36(46-3)28-41(38)43/h4-28,42-43,45-46H,1-3H3. The Labute approximate surface area is 272 Å². The second-order valence-corrected chi connectivity index (χ2v) is 12.7. The van der Waals surface area contributed by atoms with Crippen LogP contribution in [0.1, 0.15) is 52.1 Å². The zero-order chi connectivity index (χ0) is 31.3. The summed E-state index contributed by atoms with van der Waals surface area (Å²) >= 11 is 0. The van der Waals surface area contributed by atoms with Crippen LogP contribution in [0.4, 0.5) is 11.4 Å². The third kappa shape index (κ3) is 4.24. The highest BCUT2D eigenvalue weighted by molar-refractivity contribution is 5.85. The first-order chi connectivity index (χ1) is 22.6. The maximum atomic E-state index is 3.45. The van der Waals surface area contributed by atoms with Gasteiger partial charge in [0, 0.05) is 42.7 Å². The second-order valence-electron chi connectivity index (χ2n) is 12.7. The molecular formula is C44H38N2. The number of rotatable bonds is 7. The molecule has 0 radical (unpaired) electrons. The van der Waals surface area contributed by atoms with E-state index in [1.165, 1.54) is 61.2 Å². The van der Waals surface area contributed by atoms with Gasteiger partial charge in [-0.15, -0.1) is 0 Å². The maximum Gasteiger partial charge on any atom is 0.0418 e. The van der Waals surface area contributed by atoms with Gasteiger partial charge in [0.15, 0.2) is 0 Å². The van der Waals surface area contributed by atoms with Crippen molar-refractivity contribution in [2.24, 2.45) is 0 Å². The van der Waals surface area contributed by atoms with Crippen molar-refractivity contribution in [2.75, 3.05) is 24.7 Å². The molecule has 6 aromatic rings. The van der Waals surface area contributed by atoms with Crippen molar-refractivity contribution in [1.29, 1.82) is 0 Å². The molecule has 0 saturated carbocycles. The van der Waals surface area contributed by atoms with E-state index in [1.54, 1.807) is 0 Å². The van der Waals surface area contributed by atoms with Gasteiger partial charge in [-0.25, -0.2) is 0 Å². The Morgan fingerprint density at radius 1 is 0.478 bits per heavy atom. The Bertz CT molecular complexity index is 1980. The van der Waals surface area contributed by atoms with Crippen LogP contribution in [-0.4, -0.2) is 14.1 Å². The van der Waals surface area contributed by atoms with E-state index in [0.717, 1.165) is 11.4 Å². The number of nitrogens with one attached hydrogen (secondary N) is 2. The monoisotopic (exact) mass is 594 g/mol. The van der Waals surface area contributed by atoms with Gasteiger partial charge in [0.25, 0.3) is 0 Å². The first kappa shape index (κ1) is 28.2. The Morgan fingerprint density at radius 2 is 1.00 bits per heavy atom. The van der Waals surface area contributed by atoms with Crippen molar-refractivity contribution in [3.05, 3.63) is 185 Å². The van der Waals surface area contributed by atoms with E-state index < -0.39 is 5.41 Å². The Balaban J connectivity index is 1.51. The molecule has 6 aromatic carbocycles. The van der Waals surface area contributed by atoms with Crippen molar-refractivity contribution in [1.82, 2.24) is 0 Å². The fourth-order valence-electron chi connectivity index (χ4n) is 8.44. The number of benzene rings is 6. The molecule has 0 aromatic heterocycles. The summed E-state index contributed by atoms with van der Waals surface area (Å²) in [7, 11) is 4.04. The van der Waals surface area contributed by atoms with Gasteiger partial charge < -0.3 is 10.6 Å². The van der Waals surface area contributed by atoms with Crippen LogP contribution in [0.3, 0.4) is 0 Å². The Morgan fingerprint density at radius 3 is 1.52 bits per heavy atom. The molecule has 0 amide bonds. The van der Waals surface area contributed by atoms with E-state index in [2.05, 4.69) is 169 Å². The quantitative estimate of drug-likeness (QED) is 0.192. The van der Waals surface area contributed by atoms with Crippen LogP contribution < -0.4 is 10.6 Å². The topological polar surface area (TPSA) is 24.1 Å². The van der Waals surface area contributed by atoms with Crippen LogP contribution in [0, 0.1) is 0 Å². The molecule has 2 nitrogen and oxygen atoms in total. The van der Waals surface area contributed by atoms with Crippen molar-refractivity contribution in [2.45, 2.75) is 24.2 Å². The van der Waals surface area contributed by atoms with Crippen LogP contribution in [-0.2, 0) is 5.41 Å². The fraction of sp³-hybridized carbons (Fsp3) is 0.136. The zero-order valence-corrected chi connectivity index (χ0v) is 26.6. The lowest BCUT2D eigenvalue weighted by Gasteiger charge is -2.47. The third-order valence-electron chi connectivity index (χ3n) is 10.3. The summed E-state index contributed by atoms with van der Waals surface area (Å²) in [6.45, 7) is 2.35. The summed E-state index contributed by atoms with van der Waals surface area (Å²) < 4.78 is 0. The van der Waals surface area contributed by atoms with Crippen molar-refractivity contribution < 1.29 is 0 Å². The van der Waals surface area contributed by atoms with E-state index >= 15 is 0 Å². The summed E-state index contributed by atoms with van der Waals surface area (Å²) in [4.78, 5) is 0. The van der Waals surface area contributed by atoms with Gasteiger partial charge in [0.1, 0.15) is 0 Å². The minimum atomic E-state index is -0.456. The SMILES string of the molecule is CNc1ccc2c(c1)C(C(c1ccccc1)(c1ccccc1)C1C(C)=Cc3ccc(-c4ccccc4)cc31)c1cc(NC)ccc1-2. The maximum absolute atomic E-state index is 3.45. The fourth-order valence-corrected chi connectivity index (χ4v) is 8.44. The molecule has 0 fully saturated rings.